The number of amides is 1. The van der Waals surface area contributed by atoms with Crippen molar-refractivity contribution in [3.63, 3.8) is 0 Å². The normalized spacial score (nSPS) is 11.6. The Morgan fingerprint density at radius 3 is 2.59 bits per heavy atom. The van der Waals surface area contributed by atoms with Crippen molar-refractivity contribution in [1.29, 1.82) is 0 Å². The van der Waals surface area contributed by atoms with Crippen LogP contribution in [0.4, 0.5) is 4.39 Å². The van der Waals surface area contributed by atoms with E-state index in [0.29, 0.717) is 11.1 Å². The fraction of sp³-hybridized carbons (Fsp3) is 0.188. The number of halogens is 1. The largest absolute Gasteiger partial charge is 0.442 e. The molecule has 1 heterocycles. The van der Waals surface area contributed by atoms with Gasteiger partial charge >= 0.3 is 5.97 Å². The predicted octanol–water partition coefficient (Wildman–Crippen LogP) is 2.53. The number of benzene rings is 1. The molecule has 0 saturated carbocycles. The van der Waals surface area contributed by atoms with Crippen LogP contribution in [0.1, 0.15) is 24.3 Å². The van der Waals surface area contributed by atoms with Crippen LogP contribution in [-0.4, -0.2) is 23.1 Å². The van der Waals surface area contributed by atoms with Gasteiger partial charge in [0, 0.05) is 18.7 Å². The van der Waals surface area contributed by atoms with Crippen LogP contribution in [0.2, 0.25) is 0 Å². The van der Waals surface area contributed by atoms with E-state index in [2.05, 4.69) is 10.3 Å². The number of rotatable bonds is 4. The Morgan fingerprint density at radius 2 is 2.00 bits per heavy atom. The number of ether oxygens (including phenoxy) is 1. The highest BCUT2D eigenvalue weighted by Gasteiger charge is 2.13. The van der Waals surface area contributed by atoms with Crippen LogP contribution in [0.5, 0.6) is 0 Å². The number of nitrogens with one attached hydrogen (secondary N) is 1. The van der Waals surface area contributed by atoms with E-state index in [1.54, 1.807) is 25.1 Å². The minimum atomic E-state index is -0.741. The summed E-state index contributed by atoms with van der Waals surface area (Å²) in [6.45, 7) is 2.80. The highest BCUT2D eigenvalue weighted by atomic mass is 19.1. The second-order valence-corrected chi connectivity index (χ2v) is 4.67. The standard InChI is InChI=1S/C16H15FN2O3/c1-10(22-11(2)20)19-16(21)15-7-6-13(9-18-15)12-4-3-5-14(17)8-12/h3-10H,1-2H3,(H,19,21). The Kier molecular flexibility index (Phi) is 4.83. The lowest BCUT2D eigenvalue weighted by Crippen LogP contribution is -2.36. The number of aromatic nitrogens is 1. The van der Waals surface area contributed by atoms with Gasteiger partial charge in [0.15, 0.2) is 6.23 Å². The smallest absolute Gasteiger partial charge is 0.304 e. The van der Waals surface area contributed by atoms with Gasteiger partial charge in [0.25, 0.3) is 5.91 Å². The quantitative estimate of drug-likeness (QED) is 0.696. The summed E-state index contributed by atoms with van der Waals surface area (Å²) in [6.07, 6.45) is 0.745. The Hall–Kier alpha value is -2.76. The number of nitrogens with zero attached hydrogens (tertiary/aromatic N) is 1. The van der Waals surface area contributed by atoms with Crippen molar-refractivity contribution in [2.45, 2.75) is 20.1 Å². The molecule has 22 heavy (non-hydrogen) atoms. The fourth-order valence-corrected chi connectivity index (χ4v) is 1.90. The summed E-state index contributed by atoms with van der Waals surface area (Å²) >= 11 is 0. The van der Waals surface area contributed by atoms with Crippen LogP contribution >= 0.6 is 0 Å². The first-order valence-corrected chi connectivity index (χ1v) is 6.66. The second-order valence-electron chi connectivity index (χ2n) is 4.67. The van der Waals surface area contributed by atoms with Crippen LogP contribution in [0, 0.1) is 5.82 Å². The third-order valence-electron chi connectivity index (χ3n) is 2.83. The lowest BCUT2D eigenvalue weighted by atomic mass is 10.1. The summed E-state index contributed by atoms with van der Waals surface area (Å²) < 4.78 is 18.0. The summed E-state index contributed by atoms with van der Waals surface area (Å²) in [5.41, 5.74) is 1.55. The molecule has 0 fully saturated rings. The molecular formula is C16H15FN2O3. The van der Waals surface area contributed by atoms with Gasteiger partial charge in [0.1, 0.15) is 11.5 Å². The van der Waals surface area contributed by atoms with Crippen LogP contribution < -0.4 is 5.32 Å². The molecule has 1 N–H and O–H groups in total. The van der Waals surface area contributed by atoms with E-state index in [1.165, 1.54) is 31.3 Å². The molecule has 0 aliphatic heterocycles. The van der Waals surface area contributed by atoms with Crippen molar-refractivity contribution in [3.8, 4) is 11.1 Å². The minimum absolute atomic E-state index is 0.180. The van der Waals surface area contributed by atoms with Gasteiger partial charge in [-0.25, -0.2) is 4.39 Å². The van der Waals surface area contributed by atoms with Gasteiger partial charge in [-0.3, -0.25) is 14.6 Å². The maximum atomic E-state index is 13.2. The zero-order chi connectivity index (χ0) is 16.1. The average molecular weight is 302 g/mol. The Balaban J connectivity index is 2.08. The molecule has 1 atom stereocenters. The molecule has 2 rings (SSSR count). The average Bonchev–Trinajstić information content (AvgIpc) is 2.46. The van der Waals surface area contributed by atoms with E-state index in [4.69, 9.17) is 4.74 Å². The molecule has 1 amide bonds. The topological polar surface area (TPSA) is 68.3 Å². The van der Waals surface area contributed by atoms with Gasteiger partial charge in [0.05, 0.1) is 0 Å². The van der Waals surface area contributed by atoms with Crippen molar-refractivity contribution in [2.24, 2.45) is 0 Å². The molecule has 5 nitrogen and oxygen atoms in total. The lowest BCUT2D eigenvalue weighted by molar-refractivity contribution is -0.146. The zero-order valence-corrected chi connectivity index (χ0v) is 12.2. The van der Waals surface area contributed by atoms with Crippen LogP contribution in [0.15, 0.2) is 42.6 Å². The molecule has 1 unspecified atom stereocenters. The minimum Gasteiger partial charge on any atom is -0.442 e. The predicted molar refractivity (Wildman–Crippen MR) is 78.3 cm³/mol. The highest BCUT2D eigenvalue weighted by Crippen LogP contribution is 2.19. The zero-order valence-electron chi connectivity index (χ0n) is 12.2. The summed E-state index contributed by atoms with van der Waals surface area (Å²) in [7, 11) is 0. The van der Waals surface area contributed by atoms with E-state index in [9.17, 15) is 14.0 Å². The number of carbonyl (C=O) groups excluding carboxylic acids is 2. The molecule has 0 spiro atoms. The summed E-state index contributed by atoms with van der Waals surface area (Å²) in [6, 6.07) is 9.30. The van der Waals surface area contributed by atoms with E-state index in [1.807, 2.05) is 0 Å². The molecule has 0 bridgehead atoms. The van der Waals surface area contributed by atoms with Gasteiger partial charge < -0.3 is 10.1 Å². The summed E-state index contributed by atoms with van der Waals surface area (Å²) in [4.78, 5) is 26.7. The van der Waals surface area contributed by atoms with Gasteiger partial charge in [-0.15, -0.1) is 0 Å². The summed E-state index contributed by atoms with van der Waals surface area (Å²) in [5.74, 6) is -1.28. The van der Waals surface area contributed by atoms with E-state index >= 15 is 0 Å². The van der Waals surface area contributed by atoms with Crippen LogP contribution in [0.3, 0.4) is 0 Å². The molecule has 1 aromatic carbocycles. The number of esters is 1. The molecule has 6 heteroatoms. The third-order valence-corrected chi connectivity index (χ3v) is 2.83. The number of carbonyl (C=O) groups is 2. The van der Waals surface area contributed by atoms with Crippen LogP contribution in [-0.2, 0) is 9.53 Å². The molecule has 0 aliphatic carbocycles. The van der Waals surface area contributed by atoms with E-state index < -0.39 is 18.1 Å². The molecule has 114 valence electrons. The van der Waals surface area contributed by atoms with Crippen molar-refractivity contribution >= 4 is 11.9 Å². The molecule has 1 aromatic heterocycles. The third kappa shape index (κ3) is 4.12. The van der Waals surface area contributed by atoms with Gasteiger partial charge in [0.2, 0.25) is 0 Å². The van der Waals surface area contributed by atoms with Crippen LogP contribution in [0.25, 0.3) is 11.1 Å². The van der Waals surface area contributed by atoms with Crippen molar-refractivity contribution in [1.82, 2.24) is 10.3 Å². The number of hydrogen-bond acceptors (Lipinski definition) is 4. The van der Waals surface area contributed by atoms with E-state index in [-0.39, 0.29) is 11.5 Å². The molecular weight excluding hydrogens is 287 g/mol. The monoisotopic (exact) mass is 302 g/mol. The first kappa shape index (κ1) is 15.6. The summed E-state index contributed by atoms with van der Waals surface area (Å²) in [5, 5.41) is 2.49. The number of hydrogen-bond donors (Lipinski definition) is 1. The van der Waals surface area contributed by atoms with E-state index in [0.717, 1.165) is 0 Å². The first-order valence-electron chi connectivity index (χ1n) is 6.66. The molecule has 2 aromatic rings. The lowest BCUT2D eigenvalue weighted by Gasteiger charge is -2.13. The molecule has 0 radical (unpaired) electrons. The molecule has 0 aliphatic rings. The maximum absolute atomic E-state index is 13.2. The molecule has 0 saturated heterocycles. The van der Waals surface area contributed by atoms with Crippen molar-refractivity contribution in [2.75, 3.05) is 0 Å². The van der Waals surface area contributed by atoms with Gasteiger partial charge in [-0.2, -0.15) is 0 Å². The SMILES string of the molecule is CC(=O)OC(C)NC(=O)c1ccc(-c2cccc(F)c2)cn1. The Labute approximate surface area is 127 Å². The van der Waals surface area contributed by atoms with Crippen molar-refractivity contribution < 1.29 is 18.7 Å². The van der Waals surface area contributed by atoms with Gasteiger partial charge in [-0.05, 0) is 30.7 Å². The fourth-order valence-electron chi connectivity index (χ4n) is 1.90. The van der Waals surface area contributed by atoms with Gasteiger partial charge in [-0.1, -0.05) is 18.2 Å². The Bertz CT molecular complexity index is 686. The maximum Gasteiger partial charge on any atom is 0.304 e. The second kappa shape index (κ2) is 6.80. The van der Waals surface area contributed by atoms with Crippen molar-refractivity contribution in [3.05, 3.63) is 54.1 Å². The first-order chi connectivity index (χ1) is 10.5. The Morgan fingerprint density at radius 1 is 1.23 bits per heavy atom. The highest BCUT2D eigenvalue weighted by molar-refractivity contribution is 5.92. The number of pyridine rings is 1.